The molecule has 1 saturated carbocycles. The molecule has 0 aliphatic heterocycles. The van der Waals surface area contributed by atoms with E-state index in [2.05, 4.69) is 4.99 Å². The van der Waals surface area contributed by atoms with Crippen molar-refractivity contribution in [1.29, 1.82) is 0 Å². The summed E-state index contributed by atoms with van der Waals surface area (Å²) in [6.45, 7) is 0. The van der Waals surface area contributed by atoms with Crippen LogP contribution >= 0.6 is 23.2 Å². The molecule has 0 saturated heterocycles. The Morgan fingerprint density at radius 2 is 2.00 bits per heavy atom. The van der Waals surface area contributed by atoms with Crippen LogP contribution in [0, 0.1) is 5.82 Å². The van der Waals surface area contributed by atoms with E-state index in [1.807, 2.05) is 0 Å². The van der Waals surface area contributed by atoms with Gasteiger partial charge in [-0.25, -0.2) is 9.18 Å². The van der Waals surface area contributed by atoms with E-state index in [0.29, 0.717) is 23.4 Å². The number of benzene rings is 1. The van der Waals surface area contributed by atoms with E-state index in [0.717, 1.165) is 0 Å². The third-order valence-corrected chi connectivity index (χ3v) is 3.10. The van der Waals surface area contributed by atoms with Crippen molar-refractivity contribution < 1.29 is 9.18 Å². The van der Waals surface area contributed by atoms with Gasteiger partial charge in [-0.05, 0) is 25.0 Å². The van der Waals surface area contributed by atoms with Crippen molar-refractivity contribution in [3.05, 3.63) is 33.6 Å². The molecular weight excluding hydrogens is 240 g/mol. The number of hydrogen-bond acceptors (Lipinski definition) is 2. The second kappa shape index (κ2) is 3.60. The average Bonchev–Trinajstić information content (AvgIpc) is 2.93. The summed E-state index contributed by atoms with van der Waals surface area (Å²) in [5.41, 5.74) is -0.154. The minimum atomic E-state index is -0.662. The van der Waals surface area contributed by atoms with Crippen molar-refractivity contribution in [2.24, 2.45) is 4.99 Å². The van der Waals surface area contributed by atoms with Crippen LogP contribution in [0.1, 0.15) is 18.4 Å². The van der Waals surface area contributed by atoms with Crippen molar-refractivity contribution in [3.8, 4) is 0 Å². The van der Waals surface area contributed by atoms with Gasteiger partial charge in [0, 0.05) is 10.6 Å². The van der Waals surface area contributed by atoms with Gasteiger partial charge in [0.05, 0.1) is 10.6 Å². The van der Waals surface area contributed by atoms with Crippen molar-refractivity contribution in [1.82, 2.24) is 0 Å². The molecule has 0 bridgehead atoms. The third-order valence-electron chi connectivity index (χ3n) is 2.49. The first-order chi connectivity index (χ1) is 7.09. The number of halogens is 3. The molecule has 1 aromatic rings. The lowest BCUT2D eigenvalue weighted by Gasteiger charge is -2.10. The lowest BCUT2D eigenvalue weighted by molar-refractivity contribution is 0.555. The lowest BCUT2D eigenvalue weighted by atomic mass is 10.1. The maximum absolute atomic E-state index is 13.2. The van der Waals surface area contributed by atoms with Crippen LogP contribution in [0.15, 0.2) is 17.1 Å². The summed E-state index contributed by atoms with van der Waals surface area (Å²) in [5, 5.41) is 0.299. The predicted molar refractivity (Wildman–Crippen MR) is 55.5 cm³/mol. The zero-order valence-corrected chi connectivity index (χ0v) is 9.07. The van der Waals surface area contributed by atoms with Crippen LogP contribution in [-0.2, 0) is 10.3 Å². The monoisotopic (exact) mass is 245 g/mol. The topological polar surface area (TPSA) is 29.4 Å². The minimum Gasteiger partial charge on any atom is -0.211 e. The highest BCUT2D eigenvalue weighted by Gasteiger charge is 2.46. The molecule has 1 aliphatic carbocycles. The van der Waals surface area contributed by atoms with Gasteiger partial charge >= 0.3 is 0 Å². The summed E-state index contributed by atoms with van der Waals surface area (Å²) in [7, 11) is 0. The Hall–Kier alpha value is -0.890. The highest BCUT2D eigenvalue weighted by atomic mass is 35.5. The van der Waals surface area contributed by atoms with Gasteiger partial charge in [0.2, 0.25) is 6.08 Å². The number of aliphatic imine (C=N–C) groups is 1. The van der Waals surface area contributed by atoms with Crippen LogP contribution in [0.4, 0.5) is 4.39 Å². The van der Waals surface area contributed by atoms with Gasteiger partial charge in [0.1, 0.15) is 5.82 Å². The molecule has 1 aliphatic rings. The quantitative estimate of drug-likeness (QED) is 0.446. The highest BCUT2D eigenvalue weighted by Crippen LogP contribution is 2.51. The standard InChI is InChI=1S/C10H6Cl2FNO/c11-7-4-8(12)9(13)3-6(7)10(1-2-10)14-5-15/h3-4H,1-2H2. The first-order valence-electron chi connectivity index (χ1n) is 4.33. The molecule has 78 valence electrons. The summed E-state index contributed by atoms with van der Waals surface area (Å²) in [6.07, 6.45) is 2.86. The Morgan fingerprint density at radius 3 is 2.53 bits per heavy atom. The Bertz CT molecular complexity index is 465. The van der Waals surface area contributed by atoms with Crippen molar-refractivity contribution in [2.45, 2.75) is 18.4 Å². The summed E-state index contributed by atoms with van der Waals surface area (Å²) in [5.74, 6) is -0.552. The number of rotatable bonds is 2. The largest absolute Gasteiger partial charge is 0.235 e. The molecule has 0 atom stereocenters. The fourth-order valence-corrected chi connectivity index (χ4v) is 2.09. The van der Waals surface area contributed by atoms with Crippen molar-refractivity contribution in [3.63, 3.8) is 0 Å². The van der Waals surface area contributed by atoms with E-state index in [1.165, 1.54) is 18.2 Å². The van der Waals surface area contributed by atoms with Crippen molar-refractivity contribution in [2.75, 3.05) is 0 Å². The maximum Gasteiger partial charge on any atom is 0.235 e. The number of hydrogen-bond donors (Lipinski definition) is 0. The van der Waals surface area contributed by atoms with Crippen LogP contribution < -0.4 is 0 Å². The van der Waals surface area contributed by atoms with E-state index in [1.54, 1.807) is 0 Å². The summed E-state index contributed by atoms with van der Waals surface area (Å²) in [4.78, 5) is 13.9. The Kier molecular flexibility index (Phi) is 2.55. The molecule has 2 rings (SSSR count). The third kappa shape index (κ3) is 1.78. The highest BCUT2D eigenvalue weighted by molar-refractivity contribution is 6.35. The molecule has 0 N–H and O–H groups in total. The van der Waals surface area contributed by atoms with E-state index >= 15 is 0 Å². The molecule has 1 fully saturated rings. The van der Waals surface area contributed by atoms with E-state index in [-0.39, 0.29) is 5.02 Å². The molecule has 0 spiro atoms. The van der Waals surface area contributed by atoms with Crippen LogP contribution in [0.3, 0.4) is 0 Å². The smallest absolute Gasteiger partial charge is 0.211 e. The molecule has 1 aromatic carbocycles. The second-order valence-electron chi connectivity index (χ2n) is 3.48. The lowest BCUT2D eigenvalue weighted by Crippen LogP contribution is -2.04. The van der Waals surface area contributed by atoms with Gasteiger partial charge in [0.15, 0.2) is 0 Å². The SMILES string of the molecule is O=C=NC1(c2cc(F)c(Cl)cc2Cl)CC1. The summed E-state index contributed by atoms with van der Waals surface area (Å²) >= 11 is 11.5. The van der Waals surface area contributed by atoms with E-state index in [4.69, 9.17) is 23.2 Å². The molecule has 0 unspecified atom stereocenters. The molecule has 0 aromatic heterocycles. The molecule has 0 radical (unpaired) electrons. The van der Waals surface area contributed by atoms with Gasteiger partial charge in [-0.3, -0.25) is 0 Å². The fraction of sp³-hybridized carbons (Fsp3) is 0.300. The molecule has 0 amide bonds. The summed E-state index contributed by atoms with van der Waals surface area (Å²) in [6, 6.07) is 2.56. The predicted octanol–water partition coefficient (Wildman–Crippen LogP) is 3.46. The molecular formula is C10H6Cl2FNO. The zero-order chi connectivity index (χ0) is 11.1. The number of isocyanates is 1. The molecule has 15 heavy (non-hydrogen) atoms. The van der Waals surface area contributed by atoms with Gasteiger partial charge in [-0.1, -0.05) is 23.2 Å². The zero-order valence-electron chi connectivity index (χ0n) is 7.56. The van der Waals surface area contributed by atoms with E-state index < -0.39 is 11.4 Å². The maximum atomic E-state index is 13.2. The number of nitrogens with zero attached hydrogens (tertiary/aromatic N) is 1. The van der Waals surface area contributed by atoms with Gasteiger partial charge in [0.25, 0.3) is 0 Å². The van der Waals surface area contributed by atoms with Crippen LogP contribution in [-0.4, -0.2) is 6.08 Å². The van der Waals surface area contributed by atoms with Crippen LogP contribution in [0.25, 0.3) is 0 Å². The van der Waals surface area contributed by atoms with Crippen molar-refractivity contribution >= 4 is 29.3 Å². The Balaban J connectivity index is 2.54. The number of carbonyl (C=O) groups excluding carboxylic acids is 1. The normalized spacial score (nSPS) is 17.0. The van der Waals surface area contributed by atoms with Crippen LogP contribution in [0.5, 0.6) is 0 Å². The average molecular weight is 246 g/mol. The minimum absolute atomic E-state index is 0.0327. The fourth-order valence-electron chi connectivity index (χ4n) is 1.53. The Morgan fingerprint density at radius 1 is 1.33 bits per heavy atom. The Labute approximate surface area is 95.7 Å². The first kappa shape index (κ1) is 10.6. The van der Waals surface area contributed by atoms with Gasteiger partial charge in [-0.2, -0.15) is 4.99 Å². The molecule has 5 heteroatoms. The first-order valence-corrected chi connectivity index (χ1v) is 5.09. The van der Waals surface area contributed by atoms with Gasteiger partial charge in [-0.15, -0.1) is 0 Å². The second-order valence-corrected chi connectivity index (χ2v) is 4.30. The van der Waals surface area contributed by atoms with Crippen LogP contribution in [0.2, 0.25) is 10.0 Å². The molecule has 2 nitrogen and oxygen atoms in total. The van der Waals surface area contributed by atoms with E-state index in [9.17, 15) is 9.18 Å². The summed E-state index contributed by atoms with van der Waals surface area (Å²) < 4.78 is 13.2. The molecule has 0 heterocycles. The van der Waals surface area contributed by atoms with Gasteiger partial charge < -0.3 is 0 Å².